The van der Waals surface area contributed by atoms with Gasteiger partial charge in [0.25, 0.3) is 5.91 Å². The molecule has 0 aliphatic heterocycles. The summed E-state index contributed by atoms with van der Waals surface area (Å²) in [5.74, 6) is 0.475. The van der Waals surface area contributed by atoms with Gasteiger partial charge in [0.15, 0.2) is 0 Å². The van der Waals surface area contributed by atoms with Crippen LogP contribution in [0.3, 0.4) is 0 Å². The maximum absolute atomic E-state index is 12.4. The molecule has 0 bridgehead atoms. The van der Waals surface area contributed by atoms with Crippen LogP contribution in [0, 0.1) is 13.8 Å². The summed E-state index contributed by atoms with van der Waals surface area (Å²) in [5, 5.41) is 2.10. The number of amides is 1. The summed E-state index contributed by atoms with van der Waals surface area (Å²) in [6.07, 6.45) is 2.85. The van der Waals surface area contributed by atoms with Crippen molar-refractivity contribution in [1.29, 1.82) is 0 Å². The van der Waals surface area contributed by atoms with Gasteiger partial charge in [-0.2, -0.15) is 0 Å². The quantitative estimate of drug-likeness (QED) is 0.573. The van der Waals surface area contributed by atoms with Crippen LogP contribution in [0.4, 0.5) is 0 Å². The largest absolute Gasteiger partial charge is 0.496 e. The van der Waals surface area contributed by atoms with Crippen molar-refractivity contribution in [2.45, 2.75) is 46.6 Å². The minimum Gasteiger partial charge on any atom is -0.496 e. The third-order valence-corrected chi connectivity index (χ3v) is 6.15. The molecule has 28 heavy (non-hydrogen) atoms. The number of benzene rings is 1. The minimum absolute atomic E-state index is 0.367. The third-order valence-electron chi connectivity index (χ3n) is 5.21. The predicted octanol–water partition coefficient (Wildman–Crippen LogP) is 5.14. The number of carbonyl (C=O) groups is 1. The van der Waals surface area contributed by atoms with E-state index in [0.29, 0.717) is 5.56 Å². The van der Waals surface area contributed by atoms with Crippen molar-refractivity contribution in [3.05, 3.63) is 63.1 Å². The van der Waals surface area contributed by atoms with E-state index in [2.05, 4.69) is 35.1 Å². The Bertz CT molecular complexity index is 971. The number of methoxy groups -OCH3 is 1. The van der Waals surface area contributed by atoms with E-state index in [4.69, 9.17) is 10.5 Å². The molecule has 2 aromatic heterocycles. The predicted molar refractivity (Wildman–Crippen MR) is 116 cm³/mol. The Hall–Kier alpha value is -2.53. The van der Waals surface area contributed by atoms with Gasteiger partial charge in [0.05, 0.1) is 12.7 Å². The number of aromatic nitrogens is 1. The molecule has 0 atom stereocenters. The van der Waals surface area contributed by atoms with Crippen LogP contribution < -0.4 is 10.5 Å². The van der Waals surface area contributed by atoms with Crippen molar-refractivity contribution >= 4 is 17.2 Å². The molecule has 1 amide bonds. The van der Waals surface area contributed by atoms with E-state index in [-0.39, 0.29) is 5.91 Å². The Morgan fingerprint density at radius 2 is 2.00 bits per heavy atom. The summed E-state index contributed by atoms with van der Waals surface area (Å²) in [6, 6.07) is 10.3. The molecule has 3 aromatic rings. The number of primary amides is 1. The molecule has 0 radical (unpaired) electrons. The Morgan fingerprint density at radius 3 is 2.57 bits per heavy atom. The molecule has 0 fully saturated rings. The van der Waals surface area contributed by atoms with Crippen molar-refractivity contribution in [1.82, 2.24) is 4.57 Å². The highest BCUT2D eigenvalue weighted by Gasteiger charge is 2.24. The Labute approximate surface area is 171 Å². The lowest BCUT2D eigenvalue weighted by Crippen LogP contribution is -2.13. The maximum atomic E-state index is 12.4. The molecule has 0 aliphatic rings. The number of hydrogen-bond acceptors (Lipinski definition) is 3. The van der Waals surface area contributed by atoms with Crippen molar-refractivity contribution in [3.8, 4) is 16.9 Å². The van der Waals surface area contributed by atoms with Crippen molar-refractivity contribution < 1.29 is 9.53 Å². The minimum atomic E-state index is -0.367. The smallest absolute Gasteiger partial charge is 0.251 e. The average Bonchev–Trinajstić information content (AvgIpc) is 3.27. The first kappa shape index (κ1) is 20.2. The fourth-order valence-electron chi connectivity index (χ4n) is 3.92. The number of hydrogen-bond donors (Lipinski definition) is 1. The highest BCUT2D eigenvalue weighted by atomic mass is 32.1. The lowest BCUT2D eigenvalue weighted by molar-refractivity contribution is 0.1000. The summed E-state index contributed by atoms with van der Waals surface area (Å²) in [6.45, 7) is 7.04. The van der Waals surface area contributed by atoms with Crippen LogP contribution in [0.2, 0.25) is 0 Å². The SMILES string of the molecule is CCCc1c(-c2ccc(OC)c(C)c2)c(C(N)=O)c(C)n1CCc1cccs1. The average molecular weight is 397 g/mol. The molecule has 0 spiro atoms. The lowest BCUT2D eigenvalue weighted by atomic mass is 9.96. The molecule has 2 heterocycles. The molecule has 3 rings (SSSR count). The Balaban J connectivity index is 2.15. The Morgan fingerprint density at radius 1 is 1.21 bits per heavy atom. The van der Waals surface area contributed by atoms with Gasteiger partial charge < -0.3 is 15.0 Å². The van der Waals surface area contributed by atoms with E-state index >= 15 is 0 Å². The monoisotopic (exact) mass is 396 g/mol. The van der Waals surface area contributed by atoms with Gasteiger partial charge in [-0.1, -0.05) is 25.5 Å². The van der Waals surface area contributed by atoms with E-state index in [0.717, 1.165) is 53.9 Å². The van der Waals surface area contributed by atoms with E-state index in [1.165, 1.54) is 10.6 Å². The molecule has 0 aliphatic carbocycles. The molecule has 5 heteroatoms. The van der Waals surface area contributed by atoms with Crippen molar-refractivity contribution in [3.63, 3.8) is 0 Å². The van der Waals surface area contributed by atoms with Gasteiger partial charge in [0.1, 0.15) is 5.75 Å². The molecular formula is C23H28N2O2S. The summed E-state index contributed by atoms with van der Waals surface area (Å²) in [4.78, 5) is 13.8. The first-order valence-electron chi connectivity index (χ1n) is 9.67. The molecule has 148 valence electrons. The fraction of sp³-hybridized carbons (Fsp3) is 0.348. The van der Waals surface area contributed by atoms with Crippen LogP contribution in [-0.2, 0) is 19.4 Å². The molecule has 1 aromatic carbocycles. The van der Waals surface area contributed by atoms with E-state index < -0.39 is 0 Å². The van der Waals surface area contributed by atoms with Crippen LogP contribution >= 0.6 is 11.3 Å². The zero-order valence-electron chi connectivity index (χ0n) is 17.0. The number of ether oxygens (including phenoxy) is 1. The van der Waals surface area contributed by atoms with E-state index in [1.54, 1.807) is 18.4 Å². The second-order valence-corrected chi connectivity index (χ2v) is 8.09. The third kappa shape index (κ3) is 3.85. The highest BCUT2D eigenvalue weighted by molar-refractivity contribution is 7.09. The molecule has 2 N–H and O–H groups in total. The standard InChI is InChI=1S/C23H28N2O2S/c1-5-7-19-22(17-9-10-20(27-4)15(2)14-17)21(23(24)26)16(3)25(19)12-11-18-8-6-13-28-18/h6,8-10,13-14H,5,7,11-12H2,1-4H3,(H2,24,26). The first-order chi connectivity index (χ1) is 13.5. The zero-order valence-corrected chi connectivity index (χ0v) is 17.9. The van der Waals surface area contributed by atoms with Gasteiger partial charge in [0, 0.05) is 28.4 Å². The number of carbonyl (C=O) groups excluding carboxylic acids is 1. The highest BCUT2D eigenvalue weighted by Crippen LogP contribution is 2.36. The number of nitrogens with zero attached hydrogens (tertiary/aromatic N) is 1. The molecular weight excluding hydrogens is 368 g/mol. The number of aryl methyl sites for hydroxylation is 2. The number of rotatable bonds is 8. The summed E-state index contributed by atoms with van der Waals surface area (Å²) in [7, 11) is 1.67. The van der Waals surface area contributed by atoms with Gasteiger partial charge in [-0.3, -0.25) is 4.79 Å². The van der Waals surface area contributed by atoms with Gasteiger partial charge in [0.2, 0.25) is 0 Å². The van der Waals surface area contributed by atoms with Gasteiger partial charge in [-0.15, -0.1) is 11.3 Å². The summed E-state index contributed by atoms with van der Waals surface area (Å²) < 4.78 is 7.69. The second-order valence-electron chi connectivity index (χ2n) is 7.06. The molecule has 0 saturated heterocycles. The van der Waals surface area contributed by atoms with Gasteiger partial charge in [-0.25, -0.2) is 0 Å². The van der Waals surface area contributed by atoms with Crippen molar-refractivity contribution in [2.24, 2.45) is 5.73 Å². The normalized spacial score (nSPS) is 11.0. The topological polar surface area (TPSA) is 57.2 Å². The first-order valence-corrected chi connectivity index (χ1v) is 10.5. The van der Waals surface area contributed by atoms with E-state index in [9.17, 15) is 4.79 Å². The summed E-state index contributed by atoms with van der Waals surface area (Å²) in [5.41, 5.74) is 11.7. The van der Waals surface area contributed by atoms with Crippen LogP contribution in [0.15, 0.2) is 35.7 Å². The summed E-state index contributed by atoms with van der Waals surface area (Å²) >= 11 is 1.77. The number of thiophene rings is 1. The van der Waals surface area contributed by atoms with Crippen LogP contribution in [-0.4, -0.2) is 17.6 Å². The fourth-order valence-corrected chi connectivity index (χ4v) is 4.62. The Kier molecular flexibility index (Phi) is 6.25. The van der Waals surface area contributed by atoms with Crippen molar-refractivity contribution in [2.75, 3.05) is 7.11 Å². The molecule has 0 saturated carbocycles. The van der Waals surface area contributed by atoms with E-state index in [1.807, 2.05) is 26.0 Å². The van der Waals surface area contributed by atoms with Crippen LogP contribution in [0.5, 0.6) is 5.75 Å². The van der Waals surface area contributed by atoms with Crippen LogP contribution in [0.1, 0.15) is 45.5 Å². The number of nitrogens with two attached hydrogens (primary N) is 1. The van der Waals surface area contributed by atoms with Crippen LogP contribution in [0.25, 0.3) is 11.1 Å². The zero-order chi connectivity index (χ0) is 20.3. The lowest BCUT2D eigenvalue weighted by Gasteiger charge is -2.13. The maximum Gasteiger partial charge on any atom is 0.251 e. The molecule has 0 unspecified atom stereocenters. The molecule has 4 nitrogen and oxygen atoms in total. The second kappa shape index (κ2) is 8.65. The van der Waals surface area contributed by atoms with Gasteiger partial charge >= 0.3 is 0 Å². The van der Waals surface area contributed by atoms with Gasteiger partial charge in [-0.05, 0) is 61.4 Å².